The minimum absolute atomic E-state index is 0.0963. The van der Waals surface area contributed by atoms with Gasteiger partial charge in [-0.3, -0.25) is 9.69 Å². The van der Waals surface area contributed by atoms with Gasteiger partial charge in [-0.05, 0) is 17.7 Å². The van der Waals surface area contributed by atoms with E-state index in [2.05, 4.69) is 15.3 Å². The van der Waals surface area contributed by atoms with Gasteiger partial charge in [-0.2, -0.15) is 13.2 Å². The van der Waals surface area contributed by atoms with E-state index in [4.69, 9.17) is 23.2 Å². The summed E-state index contributed by atoms with van der Waals surface area (Å²) in [6.07, 6.45) is -3.96. The normalized spacial score (nSPS) is 17.0. The van der Waals surface area contributed by atoms with Crippen LogP contribution < -0.4 is 10.2 Å². The van der Waals surface area contributed by atoms with Crippen LogP contribution in [0.4, 0.5) is 23.8 Å². The highest BCUT2D eigenvalue weighted by atomic mass is 35.5. The first-order valence-corrected chi connectivity index (χ1v) is 8.98. The van der Waals surface area contributed by atoms with Gasteiger partial charge in [0.25, 0.3) is 0 Å². The third-order valence-electron chi connectivity index (χ3n) is 4.35. The van der Waals surface area contributed by atoms with Crippen LogP contribution >= 0.6 is 23.2 Å². The van der Waals surface area contributed by atoms with Crippen LogP contribution in [0.2, 0.25) is 10.0 Å². The molecule has 2 aromatic rings. The molecule has 0 radical (unpaired) electrons. The van der Waals surface area contributed by atoms with Crippen molar-refractivity contribution in [2.45, 2.75) is 18.8 Å². The van der Waals surface area contributed by atoms with E-state index in [9.17, 15) is 22.8 Å². The van der Waals surface area contributed by atoms with Gasteiger partial charge in [-0.25, -0.2) is 14.8 Å². The average Bonchev–Trinajstić information content (AvgIpc) is 2.95. The third kappa shape index (κ3) is 4.54. The maximum absolute atomic E-state index is 12.9. The summed E-state index contributed by atoms with van der Waals surface area (Å²) in [6, 6.07) is 3.90. The van der Waals surface area contributed by atoms with Gasteiger partial charge in [0, 0.05) is 29.7 Å². The number of alkyl halides is 3. The van der Waals surface area contributed by atoms with Gasteiger partial charge in [0.1, 0.15) is 23.9 Å². The van der Waals surface area contributed by atoms with E-state index in [1.807, 2.05) is 0 Å². The highest BCUT2D eigenvalue weighted by molar-refractivity contribution is 6.35. The molecule has 3 amide bonds. The minimum Gasteiger partial charge on any atom is -0.350 e. The molecule has 1 aliphatic heterocycles. The molecular weight excluding hydrogens is 434 g/mol. The molecule has 7 nitrogen and oxygen atoms in total. The van der Waals surface area contributed by atoms with Crippen molar-refractivity contribution in [1.82, 2.24) is 20.2 Å². The number of likely N-dealkylation sites (N-methyl/N-ethyl adjacent to an activating group) is 1. The third-order valence-corrected chi connectivity index (χ3v) is 4.93. The Balaban J connectivity index is 1.72. The van der Waals surface area contributed by atoms with Crippen molar-refractivity contribution in [3.05, 3.63) is 51.9 Å². The molecule has 0 spiro atoms. The molecule has 0 saturated carbocycles. The quantitative estimate of drug-likeness (QED) is 0.779. The molecular formula is C17H14Cl2F3N5O2. The van der Waals surface area contributed by atoms with E-state index in [1.165, 1.54) is 13.1 Å². The lowest BCUT2D eigenvalue weighted by Gasteiger charge is -2.17. The van der Waals surface area contributed by atoms with E-state index >= 15 is 0 Å². The van der Waals surface area contributed by atoms with Crippen LogP contribution in [0, 0.1) is 0 Å². The van der Waals surface area contributed by atoms with E-state index < -0.39 is 29.9 Å². The average molecular weight is 448 g/mol. The Morgan fingerprint density at radius 1 is 1.28 bits per heavy atom. The SMILES string of the molecule is CN1C(=O)N(c2cc(C(F)(F)F)ncn2)C[C@H]1C(=O)NCc1ccc(Cl)cc1Cl. The predicted molar refractivity (Wildman–Crippen MR) is 99.6 cm³/mol. The summed E-state index contributed by atoms with van der Waals surface area (Å²) in [6.45, 7) is -0.0665. The number of halogens is 5. The summed E-state index contributed by atoms with van der Waals surface area (Å²) < 4.78 is 38.6. The number of rotatable bonds is 4. The van der Waals surface area contributed by atoms with E-state index in [0.29, 0.717) is 21.7 Å². The van der Waals surface area contributed by atoms with Crippen molar-refractivity contribution in [1.29, 1.82) is 0 Å². The van der Waals surface area contributed by atoms with Crippen molar-refractivity contribution < 1.29 is 22.8 Å². The molecule has 1 atom stereocenters. The summed E-state index contributed by atoms with van der Waals surface area (Å²) in [5.74, 6) is -0.723. The standard InChI is InChI=1S/C17H14Cl2F3N5O2/c1-26-12(15(28)23-6-9-2-3-10(18)4-11(9)19)7-27(16(26)29)14-5-13(17(20,21)22)24-8-25-14/h2-5,8,12H,6-7H2,1H3,(H,23,28)/t12-/m0/s1. The molecule has 0 bridgehead atoms. The lowest BCUT2D eigenvalue weighted by atomic mass is 10.2. The van der Waals surface area contributed by atoms with Crippen LogP contribution in [0.5, 0.6) is 0 Å². The zero-order valence-electron chi connectivity index (χ0n) is 14.9. The molecule has 154 valence electrons. The zero-order valence-corrected chi connectivity index (χ0v) is 16.4. The lowest BCUT2D eigenvalue weighted by molar-refractivity contribution is -0.141. The predicted octanol–water partition coefficient (Wildman–Crippen LogP) is 3.36. The number of hydrogen-bond acceptors (Lipinski definition) is 4. The Kier molecular flexibility index (Phi) is 5.85. The number of anilines is 1. The van der Waals surface area contributed by atoms with Gasteiger partial charge in [0.2, 0.25) is 5.91 Å². The number of aromatic nitrogens is 2. The number of hydrogen-bond donors (Lipinski definition) is 1. The molecule has 1 aliphatic rings. The highest BCUT2D eigenvalue weighted by Crippen LogP contribution is 2.30. The molecule has 1 fully saturated rings. The molecule has 0 unspecified atom stereocenters. The summed E-state index contributed by atoms with van der Waals surface area (Å²) in [4.78, 5) is 34.0. The van der Waals surface area contributed by atoms with E-state index in [1.54, 1.807) is 12.1 Å². The lowest BCUT2D eigenvalue weighted by Crippen LogP contribution is -2.43. The van der Waals surface area contributed by atoms with Crippen molar-refractivity contribution in [2.24, 2.45) is 0 Å². The fourth-order valence-corrected chi connectivity index (χ4v) is 3.24. The van der Waals surface area contributed by atoms with Crippen molar-refractivity contribution in [3.8, 4) is 0 Å². The van der Waals surface area contributed by atoms with Crippen molar-refractivity contribution >= 4 is 41.0 Å². The second-order valence-electron chi connectivity index (χ2n) is 6.23. The number of urea groups is 1. The first-order valence-electron chi connectivity index (χ1n) is 8.23. The Bertz CT molecular complexity index is 957. The number of carbonyl (C=O) groups excluding carboxylic acids is 2. The van der Waals surface area contributed by atoms with Crippen LogP contribution in [0.3, 0.4) is 0 Å². The summed E-state index contributed by atoms with van der Waals surface area (Å²) >= 11 is 11.9. The summed E-state index contributed by atoms with van der Waals surface area (Å²) in [5.41, 5.74) is -0.554. The largest absolute Gasteiger partial charge is 0.433 e. The molecule has 12 heteroatoms. The van der Waals surface area contributed by atoms with Gasteiger partial charge in [0.05, 0.1) is 6.54 Å². The maximum Gasteiger partial charge on any atom is 0.433 e. The van der Waals surface area contributed by atoms with Gasteiger partial charge in [-0.15, -0.1) is 0 Å². The van der Waals surface area contributed by atoms with Crippen molar-refractivity contribution in [2.75, 3.05) is 18.5 Å². The van der Waals surface area contributed by atoms with Crippen LogP contribution in [-0.4, -0.2) is 46.4 Å². The van der Waals surface area contributed by atoms with Crippen LogP contribution in [0.1, 0.15) is 11.3 Å². The summed E-state index contributed by atoms with van der Waals surface area (Å²) in [5, 5.41) is 3.48. The van der Waals surface area contributed by atoms with E-state index in [-0.39, 0.29) is 18.9 Å². The molecule has 1 saturated heterocycles. The molecule has 1 aromatic carbocycles. The van der Waals surface area contributed by atoms with Crippen LogP contribution in [-0.2, 0) is 17.5 Å². The molecule has 1 aromatic heterocycles. The monoisotopic (exact) mass is 447 g/mol. The fraction of sp³-hybridized carbons (Fsp3) is 0.294. The Hall–Kier alpha value is -2.59. The number of nitrogens with zero attached hydrogens (tertiary/aromatic N) is 4. The molecule has 1 N–H and O–H groups in total. The molecule has 29 heavy (non-hydrogen) atoms. The van der Waals surface area contributed by atoms with Gasteiger partial charge < -0.3 is 10.2 Å². The Morgan fingerprint density at radius 2 is 2.00 bits per heavy atom. The minimum atomic E-state index is -4.68. The first-order chi connectivity index (χ1) is 13.6. The number of amides is 3. The van der Waals surface area contributed by atoms with Crippen LogP contribution in [0.15, 0.2) is 30.6 Å². The van der Waals surface area contributed by atoms with Gasteiger partial charge in [0.15, 0.2) is 0 Å². The molecule has 3 rings (SSSR count). The topological polar surface area (TPSA) is 78.4 Å². The second kappa shape index (κ2) is 8.03. The molecule has 2 heterocycles. The van der Waals surface area contributed by atoms with E-state index in [0.717, 1.165) is 16.1 Å². The van der Waals surface area contributed by atoms with Gasteiger partial charge >= 0.3 is 12.2 Å². The maximum atomic E-state index is 12.9. The highest BCUT2D eigenvalue weighted by Gasteiger charge is 2.41. The fourth-order valence-electron chi connectivity index (χ4n) is 2.76. The Labute approximate surface area is 173 Å². The molecule has 0 aliphatic carbocycles. The number of benzene rings is 1. The zero-order chi connectivity index (χ0) is 21.3. The van der Waals surface area contributed by atoms with Crippen LogP contribution in [0.25, 0.3) is 0 Å². The smallest absolute Gasteiger partial charge is 0.350 e. The number of carbonyl (C=O) groups is 2. The number of nitrogens with one attached hydrogen (secondary N) is 1. The summed E-state index contributed by atoms with van der Waals surface area (Å²) in [7, 11) is 1.38. The Morgan fingerprint density at radius 3 is 2.66 bits per heavy atom. The second-order valence-corrected chi connectivity index (χ2v) is 7.08. The van der Waals surface area contributed by atoms with Crippen molar-refractivity contribution in [3.63, 3.8) is 0 Å². The first kappa shape index (κ1) is 21.1. The van der Waals surface area contributed by atoms with Gasteiger partial charge in [-0.1, -0.05) is 29.3 Å².